The summed E-state index contributed by atoms with van der Waals surface area (Å²) in [6.45, 7) is 4.92. The van der Waals surface area contributed by atoms with Crippen LogP contribution in [0.4, 0.5) is 0 Å². The lowest BCUT2D eigenvalue weighted by atomic mass is 10.0. The van der Waals surface area contributed by atoms with Crippen LogP contribution >= 0.6 is 7.82 Å². The molecule has 0 saturated carbocycles. The van der Waals surface area contributed by atoms with Gasteiger partial charge < -0.3 is 19.8 Å². The zero-order valence-electron chi connectivity index (χ0n) is 41.4. The van der Waals surface area contributed by atoms with Gasteiger partial charge in [-0.15, -0.1) is 0 Å². The summed E-state index contributed by atoms with van der Waals surface area (Å²) in [5.41, 5.74) is 0. The van der Waals surface area contributed by atoms with Crippen molar-refractivity contribution in [1.82, 2.24) is 5.32 Å². The fourth-order valence-electron chi connectivity index (χ4n) is 8.04. The molecule has 0 aromatic rings. The van der Waals surface area contributed by atoms with E-state index in [1.165, 1.54) is 199 Å². The van der Waals surface area contributed by atoms with Gasteiger partial charge in [0.2, 0.25) is 5.91 Å². The van der Waals surface area contributed by atoms with Gasteiger partial charge in [-0.2, -0.15) is 0 Å². The number of amides is 1. The van der Waals surface area contributed by atoms with Gasteiger partial charge in [0.05, 0.1) is 39.9 Å². The molecule has 1 amide bonds. The highest BCUT2D eigenvalue weighted by molar-refractivity contribution is 7.47. The average molecular weight is 886 g/mol. The van der Waals surface area contributed by atoms with E-state index in [4.69, 9.17) is 9.05 Å². The summed E-state index contributed by atoms with van der Waals surface area (Å²) in [6, 6.07) is -0.758. The Bertz CT molecular complexity index is 1000. The monoisotopic (exact) mass is 886 g/mol. The van der Waals surface area contributed by atoms with E-state index in [2.05, 4.69) is 31.3 Å². The number of nitrogens with one attached hydrogen (secondary N) is 1. The second kappa shape index (κ2) is 44.4. The summed E-state index contributed by atoms with van der Waals surface area (Å²) in [5, 5.41) is 14.0. The van der Waals surface area contributed by atoms with Gasteiger partial charge >= 0.3 is 7.82 Å². The standard InChI is InChI=1S/C52H105N2O6P/c1-6-8-10-12-14-16-18-20-22-24-26-28-29-31-33-35-37-39-41-43-45-51(55)50(49-60-61(57,58)59-48-47-54(3,4)5)53-52(56)46-44-42-40-38-36-34-32-30-27-25-23-21-19-17-15-13-11-9-7-2/h21,23,50-51,55H,6-20,22,24-49H2,1-5H3,(H-,53,56,57,58)/p+1/b23-21-. The Morgan fingerprint density at radius 2 is 0.885 bits per heavy atom. The molecule has 8 nitrogen and oxygen atoms in total. The van der Waals surface area contributed by atoms with Gasteiger partial charge in [0.15, 0.2) is 0 Å². The van der Waals surface area contributed by atoms with Crippen LogP contribution in [0.2, 0.25) is 0 Å². The Kier molecular flexibility index (Phi) is 43.9. The molecule has 0 saturated heterocycles. The first-order valence-corrected chi connectivity index (χ1v) is 28.0. The van der Waals surface area contributed by atoms with Gasteiger partial charge in [0.1, 0.15) is 13.2 Å². The fraction of sp³-hybridized carbons (Fsp3) is 0.942. The molecular weight excluding hydrogens is 780 g/mol. The molecule has 0 rings (SSSR count). The molecule has 61 heavy (non-hydrogen) atoms. The number of allylic oxidation sites excluding steroid dienone is 2. The second-order valence-electron chi connectivity index (χ2n) is 19.6. The Morgan fingerprint density at radius 1 is 0.541 bits per heavy atom. The Morgan fingerprint density at radius 3 is 1.26 bits per heavy atom. The highest BCUT2D eigenvalue weighted by atomic mass is 31.2. The van der Waals surface area contributed by atoms with Crippen molar-refractivity contribution < 1.29 is 32.9 Å². The minimum Gasteiger partial charge on any atom is -0.391 e. The number of phosphoric acid groups is 1. The summed E-state index contributed by atoms with van der Waals surface area (Å²) in [7, 11) is 1.63. The average Bonchev–Trinajstić information content (AvgIpc) is 3.21. The number of nitrogens with zero attached hydrogens (tertiary/aromatic N) is 1. The zero-order valence-corrected chi connectivity index (χ0v) is 42.3. The third kappa shape index (κ3) is 47.0. The zero-order chi connectivity index (χ0) is 45.0. The molecule has 0 aliphatic heterocycles. The lowest BCUT2D eigenvalue weighted by Crippen LogP contribution is -2.46. The molecule has 0 aliphatic rings. The highest BCUT2D eigenvalue weighted by Crippen LogP contribution is 2.43. The van der Waals surface area contributed by atoms with E-state index in [0.717, 1.165) is 38.5 Å². The normalized spacial score (nSPS) is 14.1. The van der Waals surface area contributed by atoms with Crippen molar-refractivity contribution in [2.24, 2.45) is 0 Å². The van der Waals surface area contributed by atoms with Crippen molar-refractivity contribution in [3.05, 3.63) is 12.2 Å². The number of hydrogen-bond acceptors (Lipinski definition) is 5. The number of rotatable bonds is 49. The van der Waals surface area contributed by atoms with Crippen LogP contribution in [-0.2, 0) is 18.4 Å². The van der Waals surface area contributed by atoms with Gasteiger partial charge in [-0.1, -0.05) is 231 Å². The first-order chi connectivity index (χ1) is 29.5. The topological polar surface area (TPSA) is 105 Å². The van der Waals surface area contributed by atoms with Crippen molar-refractivity contribution in [1.29, 1.82) is 0 Å². The van der Waals surface area contributed by atoms with E-state index < -0.39 is 20.0 Å². The van der Waals surface area contributed by atoms with Crippen LogP contribution < -0.4 is 5.32 Å². The largest absolute Gasteiger partial charge is 0.472 e. The van der Waals surface area contributed by atoms with E-state index >= 15 is 0 Å². The third-order valence-electron chi connectivity index (χ3n) is 12.3. The molecule has 0 radical (unpaired) electrons. The maximum atomic E-state index is 13.0. The molecule has 364 valence electrons. The predicted octanol–water partition coefficient (Wildman–Crippen LogP) is 15.5. The first kappa shape index (κ1) is 60.2. The predicted molar refractivity (Wildman–Crippen MR) is 263 cm³/mol. The summed E-state index contributed by atoms with van der Waals surface area (Å²) >= 11 is 0. The summed E-state index contributed by atoms with van der Waals surface area (Å²) in [4.78, 5) is 23.3. The van der Waals surface area contributed by atoms with E-state index in [1.807, 2.05) is 21.1 Å². The molecule has 0 spiro atoms. The van der Waals surface area contributed by atoms with E-state index in [1.54, 1.807) is 0 Å². The first-order valence-electron chi connectivity index (χ1n) is 26.6. The molecule has 3 unspecified atom stereocenters. The van der Waals surface area contributed by atoms with Crippen molar-refractivity contribution in [2.75, 3.05) is 40.9 Å². The second-order valence-corrected chi connectivity index (χ2v) is 21.1. The van der Waals surface area contributed by atoms with Gasteiger partial charge in [0, 0.05) is 6.42 Å². The summed E-state index contributed by atoms with van der Waals surface area (Å²) in [5.74, 6) is -0.143. The van der Waals surface area contributed by atoms with E-state index in [-0.39, 0.29) is 19.1 Å². The molecule has 3 N–H and O–H groups in total. The van der Waals surface area contributed by atoms with Crippen LogP contribution in [-0.4, -0.2) is 73.4 Å². The van der Waals surface area contributed by atoms with Gasteiger partial charge in [-0.05, 0) is 38.5 Å². The molecule has 0 aromatic heterocycles. The van der Waals surface area contributed by atoms with Gasteiger partial charge in [0.25, 0.3) is 0 Å². The van der Waals surface area contributed by atoms with Crippen molar-refractivity contribution >= 4 is 13.7 Å². The van der Waals surface area contributed by atoms with E-state index in [0.29, 0.717) is 23.9 Å². The van der Waals surface area contributed by atoms with Crippen molar-refractivity contribution in [3.8, 4) is 0 Å². The molecule has 0 aromatic carbocycles. The van der Waals surface area contributed by atoms with Crippen LogP contribution in [0.25, 0.3) is 0 Å². The minimum absolute atomic E-state index is 0.0766. The van der Waals surface area contributed by atoms with Crippen molar-refractivity contribution in [2.45, 2.75) is 276 Å². The number of carbonyl (C=O) groups excluding carboxylic acids is 1. The van der Waals surface area contributed by atoms with Gasteiger partial charge in [-0.3, -0.25) is 13.8 Å². The fourth-order valence-corrected chi connectivity index (χ4v) is 8.78. The SMILES string of the molecule is CCCCCCCC/C=C\CCCCCCCCCCCC(=O)NC(COP(=O)(O)OCC[N+](C)(C)C)C(O)CCCCCCCCCCCCCCCCCCCCCC. The maximum Gasteiger partial charge on any atom is 0.472 e. The van der Waals surface area contributed by atoms with Gasteiger partial charge in [-0.25, -0.2) is 4.57 Å². The molecule has 0 fully saturated rings. The number of unbranched alkanes of at least 4 members (excludes halogenated alkanes) is 34. The van der Waals surface area contributed by atoms with Crippen LogP contribution in [0.3, 0.4) is 0 Å². The smallest absolute Gasteiger partial charge is 0.391 e. The Hall–Kier alpha value is -0.760. The molecule has 9 heteroatoms. The lowest BCUT2D eigenvalue weighted by Gasteiger charge is -2.26. The number of aliphatic hydroxyl groups excluding tert-OH is 1. The van der Waals surface area contributed by atoms with Crippen LogP contribution in [0, 0.1) is 0 Å². The highest BCUT2D eigenvalue weighted by Gasteiger charge is 2.28. The summed E-state index contributed by atoms with van der Waals surface area (Å²) < 4.78 is 23.7. The number of quaternary nitrogens is 1. The molecule has 0 heterocycles. The third-order valence-corrected chi connectivity index (χ3v) is 13.2. The number of hydrogen-bond donors (Lipinski definition) is 3. The number of phosphoric ester groups is 1. The minimum atomic E-state index is -4.32. The molecule has 3 atom stereocenters. The summed E-state index contributed by atoms with van der Waals surface area (Å²) in [6.07, 6.45) is 52.4. The van der Waals surface area contributed by atoms with Crippen molar-refractivity contribution in [3.63, 3.8) is 0 Å². The number of carbonyl (C=O) groups is 1. The molecular formula is C52H106N2O6P+. The van der Waals surface area contributed by atoms with Crippen LogP contribution in [0.5, 0.6) is 0 Å². The molecule has 0 bridgehead atoms. The van der Waals surface area contributed by atoms with Crippen LogP contribution in [0.15, 0.2) is 12.2 Å². The molecule has 0 aliphatic carbocycles. The number of likely N-dealkylation sites (N-methyl/N-ethyl adjacent to an activating group) is 1. The number of aliphatic hydroxyl groups is 1. The quantitative estimate of drug-likeness (QED) is 0.0243. The maximum absolute atomic E-state index is 13.0. The lowest BCUT2D eigenvalue weighted by molar-refractivity contribution is -0.870. The van der Waals surface area contributed by atoms with E-state index in [9.17, 15) is 19.4 Å². The Labute approximate surface area is 380 Å². The van der Waals surface area contributed by atoms with Crippen LogP contribution in [0.1, 0.15) is 264 Å². The Balaban J connectivity index is 4.22.